The molecule has 0 radical (unpaired) electrons. The van der Waals surface area contributed by atoms with Crippen LogP contribution in [0.2, 0.25) is 5.02 Å². The molecule has 1 amide bonds. The van der Waals surface area contributed by atoms with E-state index in [2.05, 4.69) is 20.9 Å². The molecule has 0 aliphatic heterocycles. The smallest absolute Gasteiger partial charge is 0.254 e. The van der Waals surface area contributed by atoms with Crippen molar-refractivity contribution in [2.24, 2.45) is 0 Å². The topological polar surface area (TPSA) is 82.4 Å². The lowest BCUT2D eigenvalue weighted by Gasteiger charge is -2.29. The molecule has 0 N–H and O–H groups in total. The van der Waals surface area contributed by atoms with E-state index in [1.54, 1.807) is 26.6 Å². The summed E-state index contributed by atoms with van der Waals surface area (Å²) in [7, 11) is 3.19. The number of hydrogen-bond donors (Lipinski definition) is 0. The summed E-state index contributed by atoms with van der Waals surface area (Å²) in [4.78, 5) is 24.7. The monoisotopic (exact) mass is 609 g/mol. The van der Waals surface area contributed by atoms with Gasteiger partial charge < -0.3 is 14.4 Å². The van der Waals surface area contributed by atoms with E-state index >= 15 is 0 Å². The highest BCUT2D eigenvalue weighted by Gasteiger charge is 2.28. The molecule has 5 rings (SSSR count). The molecule has 2 aromatic carbocycles. The van der Waals surface area contributed by atoms with E-state index in [1.165, 1.54) is 0 Å². The zero-order valence-electron chi connectivity index (χ0n) is 21.8. The first kappa shape index (κ1) is 27.1. The summed E-state index contributed by atoms with van der Waals surface area (Å²) in [5, 5.41) is 5.33. The third kappa shape index (κ3) is 5.94. The number of pyridine rings is 1. The number of methoxy groups -OCH3 is 2. The van der Waals surface area contributed by atoms with Gasteiger partial charge in [-0.3, -0.25) is 9.78 Å². The van der Waals surface area contributed by atoms with E-state index in [9.17, 15) is 4.79 Å². The predicted octanol–water partition coefficient (Wildman–Crippen LogP) is 6.53. The van der Waals surface area contributed by atoms with Crippen LogP contribution in [0, 0.1) is 0 Å². The van der Waals surface area contributed by atoms with Gasteiger partial charge in [0.15, 0.2) is 11.6 Å². The Kier molecular flexibility index (Phi) is 8.47. The van der Waals surface area contributed by atoms with Crippen molar-refractivity contribution < 1.29 is 14.3 Å². The van der Waals surface area contributed by atoms with Gasteiger partial charge in [-0.1, -0.05) is 24.4 Å². The molecule has 8 nitrogen and oxygen atoms in total. The molecule has 1 fully saturated rings. The lowest BCUT2D eigenvalue weighted by atomic mass is 10.1. The number of carbonyl (C=O) groups excluding carboxylic acids is 1. The summed E-state index contributed by atoms with van der Waals surface area (Å²) in [6.45, 7) is 0.958. The van der Waals surface area contributed by atoms with Gasteiger partial charge in [-0.2, -0.15) is 5.10 Å². The fraction of sp³-hybridized carbons (Fsp3) is 0.310. The molecule has 0 bridgehead atoms. The number of halogens is 2. The minimum atomic E-state index is -0.00577. The summed E-state index contributed by atoms with van der Waals surface area (Å²) >= 11 is 9.97. The molecule has 1 aliphatic carbocycles. The molecular weight excluding hydrogens is 582 g/mol. The highest BCUT2D eigenvalue weighted by atomic mass is 79.9. The normalized spacial score (nSPS) is 13.4. The molecule has 202 valence electrons. The number of amides is 1. The summed E-state index contributed by atoms with van der Waals surface area (Å²) in [5.74, 6) is 2.51. The van der Waals surface area contributed by atoms with Crippen molar-refractivity contribution >= 4 is 33.4 Å². The fourth-order valence-corrected chi connectivity index (χ4v) is 5.77. The number of carbonyl (C=O) groups is 1. The van der Waals surface area contributed by atoms with Crippen LogP contribution in [0.5, 0.6) is 11.5 Å². The largest absolute Gasteiger partial charge is 0.496 e. The van der Waals surface area contributed by atoms with Crippen molar-refractivity contribution in [3.63, 3.8) is 0 Å². The van der Waals surface area contributed by atoms with E-state index in [1.807, 2.05) is 58.1 Å². The Morgan fingerprint density at radius 2 is 1.74 bits per heavy atom. The number of rotatable bonds is 9. The van der Waals surface area contributed by atoms with E-state index < -0.39 is 0 Å². The van der Waals surface area contributed by atoms with Gasteiger partial charge >= 0.3 is 0 Å². The number of hydrogen-bond acceptors (Lipinski definition) is 6. The summed E-state index contributed by atoms with van der Waals surface area (Å²) in [6, 6.07) is 14.9. The second-order valence-corrected chi connectivity index (χ2v) is 10.6. The van der Waals surface area contributed by atoms with E-state index in [0.29, 0.717) is 46.8 Å². The van der Waals surface area contributed by atoms with E-state index in [0.717, 1.165) is 41.3 Å². The third-order valence-electron chi connectivity index (χ3n) is 7.00. The van der Waals surface area contributed by atoms with Gasteiger partial charge in [0.05, 0.1) is 30.3 Å². The lowest BCUT2D eigenvalue weighted by molar-refractivity contribution is 0.0672. The molecule has 1 saturated carbocycles. The van der Waals surface area contributed by atoms with Crippen LogP contribution >= 0.6 is 27.5 Å². The molecule has 39 heavy (non-hydrogen) atoms. The van der Waals surface area contributed by atoms with Crippen LogP contribution in [0.25, 0.3) is 22.8 Å². The summed E-state index contributed by atoms with van der Waals surface area (Å²) in [6.07, 6.45) is 7.64. The number of aromatic nitrogens is 4. The van der Waals surface area contributed by atoms with Gasteiger partial charge in [-0.05, 0) is 77.3 Å². The Labute approximate surface area is 241 Å². The van der Waals surface area contributed by atoms with Crippen LogP contribution in [-0.2, 0) is 6.54 Å². The van der Waals surface area contributed by atoms with Crippen molar-refractivity contribution in [1.82, 2.24) is 24.6 Å². The van der Waals surface area contributed by atoms with Crippen LogP contribution in [-0.4, -0.2) is 57.4 Å². The van der Waals surface area contributed by atoms with Crippen LogP contribution in [0.15, 0.2) is 65.4 Å². The Morgan fingerprint density at radius 1 is 1.03 bits per heavy atom. The Morgan fingerprint density at radius 3 is 2.41 bits per heavy atom. The molecule has 0 spiro atoms. The van der Waals surface area contributed by atoms with Crippen molar-refractivity contribution in [2.75, 3.05) is 20.8 Å². The van der Waals surface area contributed by atoms with E-state index in [-0.39, 0.29) is 11.9 Å². The zero-order valence-corrected chi connectivity index (χ0v) is 24.2. The zero-order chi connectivity index (χ0) is 27.4. The highest BCUT2D eigenvalue weighted by molar-refractivity contribution is 9.10. The van der Waals surface area contributed by atoms with Gasteiger partial charge in [0, 0.05) is 41.7 Å². The summed E-state index contributed by atoms with van der Waals surface area (Å²) in [5.41, 5.74) is 2.29. The maximum absolute atomic E-state index is 13.8. The molecule has 2 aromatic heterocycles. The number of ether oxygens (including phenoxy) is 2. The van der Waals surface area contributed by atoms with Crippen LogP contribution in [0.4, 0.5) is 0 Å². The highest BCUT2D eigenvalue weighted by Crippen LogP contribution is 2.32. The molecule has 4 aromatic rings. The maximum Gasteiger partial charge on any atom is 0.254 e. The van der Waals surface area contributed by atoms with Gasteiger partial charge in [0.2, 0.25) is 0 Å². The first-order valence-electron chi connectivity index (χ1n) is 12.8. The second-order valence-electron chi connectivity index (χ2n) is 9.35. The Bertz CT molecular complexity index is 1460. The maximum atomic E-state index is 13.8. The van der Waals surface area contributed by atoms with Crippen LogP contribution < -0.4 is 9.47 Å². The van der Waals surface area contributed by atoms with E-state index in [4.69, 9.17) is 31.2 Å². The molecule has 2 heterocycles. The SMILES string of the molecule is COc1ccc(-c2nc(-c3ccncc3)nn2CCN(C(=O)c2ccc(OC)c(Br)c2)C2CCCC2)cc1Cl. The Hall–Kier alpha value is -3.43. The molecule has 0 saturated heterocycles. The van der Waals surface area contributed by atoms with Crippen LogP contribution in [0.3, 0.4) is 0 Å². The first-order chi connectivity index (χ1) is 19.0. The van der Waals surface area contributed by atoms with Crippen molar-refractivity contribution in [1.29, 1.82) is 0 Å². The van der Waals surface area contributed by atoms with Crippen LogP contribution in [0.1, 0.15) is 36.0 Å². The average Bonchev–Trinajstić information content (AvgIpc) is 3.64. The molecule has 0 unspecified atom stereocenters. The third-order valence-corrected chi connectivity index (χ3v) is 7.91. The van der Waals surface area contributed by atoms with Gasteiger partial charge in [0.1, 0.15) is 11.5 Å². The van der Waals surface area contributed by atoms with Crippen molar-refractivity contribution in [3.05, 3.63) is 76.0 Å². The number of benzene rings is 2. The molecule has 0 atom stereocenters. The quantitative estimate of drug-likeness (QED) is 0.214. The molecule has 1 aliphatic rings. The van der Waals surface area contributed by atoms with Crippen molar-refractivity contribution in [3.8, 4) is 34.3 Å². The average molecular weight is 611 g/mol. The Balaban J connectivity index is 1.48. The van der Waals surface area contributed by atoms with Gasteiger partial charge in [-0.15, -0.1) is 0 Å². The lowest BCUT2D eigenvalue weighted by Crippen LogP contribution is -2.41. The standard InChI is InChI=1S/C29H29BrClN5O3/c1-38-25-9-8-21(17-23(25)30)29(37)35(22-5-3-4-6-22)15-16-36-28(20-7-10-26(39-2)24(31)18-20)33-27(34-36)19-11-13-32-14-12-19/h7-14,17-18,22H,3-6,15-16H2,1-2H3. The fourth-order valence-electron chi connectivity index (χ4n) is 4.97. The molecular formula is C29H29BrClN5O3. The minimum Gasteiger partial charge on any atom is -0.496 e. The first-order valence-corrected chi connectivity index (χ1v) is 14.0. The van der Waals surface area contributed by atoms with Gasteiger partial charge in [0.25, 0.3) is 5.91 Å². The predicted molar refractivity (Wildman–Crippen MR) is 154 cm³/mol. The minimum absolute atomic E-state index is 0.00577. The summed E-state index contributed by atoms with van der Waals surface area (Å²) < 4.78 is 13.3. The molecule has 10 heteroatoms. The second kappa shape index (κ2) is 12.2. The number of nitrogens with zero attached hydrogens (tertiary/aromatic N) is 5. The van der Waals surface area contributed by atoms with Gasteiger partial charge in [-0.25, -0.2) is 9.67 Å². The van der Waals surface area contributed by atoms with Crippen molar-refractivity contribution in [2.45, 2.75) is 38.3 Å².